The van der Waals surface area contributed by atoms with Crippen molar-refractivity contribution < 1.29 is 4.92 Å². The van der Waals surface area contributed by atoms with Crippen molar-refractivity contribution in [2.24, 2.45) is 11.7 Å². The Hall–Kier alpha value is -1.62. The van der Waals surface area contributed by atoms with E-state index in [0.29, 0.717) is 18.5 Å². The van der Waals surface area contributed by atoms with E-state index in [4.69, 9.17) is 5.73 Å². The molecule has 1 aliphatic rings. The molecular weight excluding hydrogens is 230 g/mol. The molecule has 2 atom stereocenters. The van der Waals surface area contributed by atoms with E-state index in [1.165, 1.54) is 31.4 Å². The molecule has 1 fully saturated rings. The number of nitrogens with two attached hydrogens (primary N) is 1. The van der Waals surface area contributed by atoms with Gasteiger partial charge >= 0.3 is 0 Å². The van der Waals surface area contributed by atoms with Crippen LogP contribution in [-0.2, 0) is 0 Å². The number of nitro benzene ring substituents is 1. The molecule has 1 aliphatic carbocycles. The van der Waals surface area contributed by atoms with Gasteiger partial charge in [-0.3, -0.25) is 10.1 Å². The number of hydrogen-bond donors (Lipinski definition) is 2. The van der Waals surface area contributed by atoms with E-state index >= 15 is 0 Å². The largest absolute Gasteiger partial charge is 0.382 e. The van der Waals surface area contributed by atoms with Crippen LogP contribution in [-0.4, -0.2) is 17.5 Å². The minimum atomic E-state index is -0.382. The number of rotatable bonds is 4. The lowest BCUT2D eigenvalue weighted by molar-refractivity contribution is -0.384. The molecule has 0 radical (unpaired) electrons. The van der Waals surface area contributed by atoms with Gasteiger partial charge in [-0.15, -0.1) is 0 Å². The topological polar surface area (TPSA) is 81.2 Å². The summed E-state index contributed by atoms with van der Waals surface area (Å²) in [5, 5.41) is 14.0. The maximum Gasteiger partial charge on any atom is 0.269 e. The highest BCUT2D eigenvalue weighted by Gasteiger charge is 2.23. The van der Waals surface area contributed by atoms with E-state index in [2.05, 4.69) is 5.32 Å². The molecule has 0 saturated heterocycles. The molecule has 0 spiro atoms. The number of nitro groups is 1. The molecule has 5 heteroatoms. The van der Waals surface area contributed by atoms with E-state index in [9.17, 15) is 10.1 Å². The summed E-state index contributed by atoms with van der Waals surface area (Å²) in [6.07, 6.45) is 4.77. The molecule has 0 aromatic heterocycles. The molecular formula is C13H19N3O2. The van der Waals surface area contributed by atoms with Crippen molar-refractivity contribution >= 4 is 11.4 Å². The molecule has 18 heavy (non-hydrogen) atoms. The second-order valence-corrected chi connectivity index (χ2v) is 4.84. The minimum Gasteiger partial charge on any atom is -0.382 e. The van der Waals surface area contributed by atoms with Gasteiger partial charge in [0.1, 0.15) is 0 Å². The summed E-state index contributed by atoms with van der Waals surface area (Å²) in [5.74, 6) is 0.508. The van der Waals surface area contributed by atoms with Crippen LogP contribution >= 0.6 is 0 Å². The first-order valence-electron chi connectivity index (χ1n) is 6.42. The van der Waals surface area contributed by atoms with Crippen LogP contribution < -0.4 is 11.1 Å². The lowest BCUT2D eigenvalue weighted by atomic mass is 9.84. The molecule has 1 aromatic carbocycles. The highest BCUT2D eigenvalue weighted by Crippen LogP contribution is 2.27. The summed E-state index contributed by atoms with van der Waals surface area (Å²) in [4.78, 5) is 10.2. The fraction of sp³-hybridized carbons (Fsp3) is 0.538. The average molecular weight is 249 g/mol. The molecule has 2 rings (SSSR count). The first-order valence-corrected chi connectivity index (χ1v) is 6.42. The number of benzene rings is 1. The lowest BCUT2D eigenvalue weighted by Gasteiger charge is -2.32. The van der Waals surface area contributed by atoms with Gasteiger partial charge in [0, 0.05) is 23.9 Å². The Morgan fingerprint density at radius 3 is 2.56 bits per heavy atom. The molecule has 0 amide bonds. The molecule has 5 nitrogen and oxygen atoms in total. The summed E-state index contributed by atoms with van der Waals surface area (Å²) >= 11 is 0. The van der Waals surface area contributed by atoms with E-state index in [-0.39, 0.29) is 10.6 Å². The van der Waals surface area contributed by atoms with Crippen molar-refractivity contribution in [3.8, 4) is 0 Å². The van der Waals surface area contributed by atoms with Gasteiger partial charge in [0.2, 0.25) is 0 Å². The van der Waals surface area contributed by atoms with Gasteiger partial charge in [0.15, 0.2) is 0 Å². The zero-order chi connectivity index (χ0) is 13.0. The van der Waals surface area contributed by atoms with Crippen molar-refractivity contribution in [3.63, 3.8) is 0 Å². The predicted molar refractivity (Wildman–Crippen MR) is 71.5 cm³/mol. The van der Waals surface area contributed by atoms with Crippen molar-refractivity contribution in [2.75, 3.05) is 11.9 Å². The van der Waals surface area contributed by atoms with Crippen LogP contribution in [0.2, 0.25) is 0 Å². The molecule has 0 heterocycles. The standard InChI is InChI=1S/C13H19N3O2/c14-9-10-3-1-2-4-13(10)15-11-5-7-12(8-6-11)16(17)18/h5-8,10,13,15H,1-4,9,14H2. The van der Waals surface area contributed by atoms with E-state index in [0.717, 1.165) is 12.1 Å². The predicted octanol–water partition coefficient (Wildman–Crippen LogP) is 2.52. The number of nitrogens with one attached hydrogen (secondary N) is 1. The molecule has 3 N–H and O–H groups in total. The maximum atomic E-state index is 10.6. The second kappa shape index (κ2) is 5.82. The lowest BCUT2D eigenvalue weighted by Crippen LogP contribution is -2.36. The van der Waals surface area contributed by atoms with Gasteiger partial charge in [-0.05, 0) is 37.4 Å². The zero-order valence-corrected chi connectivity index (χ0v) is 10.3. The van der Waals surface area contributed by atoms with Crippen LogP contribution in [0, 0.1) is 16.0 Å². The smallest absolute Gasteiger partial charge is 0.269 e. The van der Waals surface area contributed by atoms with Crippen LogP contribution in [0.15, 0.2) is 24.3 Å². The Morgan fingerprint density at radius 1 is 1.28 bits per heavy atom. The fourth-order valence-corrected chi connectivity index (χ4v) is 2.57. The van der Waals surface area contributed by atoms with Gasteiger partial charge in [-0.25, -0.2) is 0 Å². The van der Waals surface area contributed by atoms with Crippen molar-refractivity contribution in [2.45, 2.75) is 31.7 Å². The zero-order valence-electron chi connectivity index (χ0n) is 10.3. The Morgan fingerprint density at radius 2 is 1.94 bits per heavy atom. The molecule has 0 bridgehead atoms. The summed E-state index contributed by atoms with van der Waals surface area (Å²) in [6, 6.07) is 6.98. The van der Waals surface area contributed by atoms with Crippen LogP contribution in [0.5, 0.6) is 0 Å². The monoisotopic (exact) mass is 249 g/mol. The van der Waals surface area contributed by atoms with E-state index < -0.39 is 0 Å². The second-order valence-electron chi connectivity index (χ2n) is 4.84. The number of anilines is 1. The minimum absolute atomic E-state index is 0.125. The van der Waals surface area contributed by atoms with Crippen LogP contribution in [0.25, 0.3) is 0 Å². The number of hydrogen-bond acceptors (Lipinski definition) is 4. The van der Waals surface area contributed by atoms with Gasteiger partial charge in [-0.2, -0.15) is 0 Å². The van der Waals surface area contributed by atoms with E-state index in [1.54, 1.807) is 12.1 Å². The summed E-state index contributed by atoms with van der Waals surface area (Å²) < 4.78 is 0. The third kappa shape index (κ3) is 2.98. The Balaban J connectivity index is 2.01. The highest BCUT2D eigenvalue weighted by atomic mass is 16.6. The first-order chi connectivity index (χ1) is 8.70. The Labute approximate surface area is 107 Å². The maximum absolute atomic E-state index is 10.6. The molecule has 0 aliphatic heterocycles. The Bertz CT molecular complexity index is 405. The van der Waals surface area contributed by atoms with E-state index in [1.807, 2.05) is 0 Å². The Kier molecular flexibility index (Phi) is 4.15. The summed E-state index contributed by atoms with van der Waals surface area (Å²) in [6.45, 7) is 0.699. The van der Waals surface area contributed by atoms with Gasteiger partial charge in [-0.1, -0.05) is 12.8 Å². The fourth-order valence-electron chi connectivity index (χ4n) is 2.57. The van der Waals surface area contributed by atoms with Crippen molar-refractivity contribution in [3.05, 3.63) is 34.4 Å². The molecule has 2 unspecified atom stereocenters. The molecule has 1 saturated carbocycles. The van der Waals surface area contributed by atoms with Crippen molar-refractivity contribution in [1.29, 1.82) is 0 Å². The quantitative estimate of drug-likeness (QED) is 0.634. The van der Waals surface area contributed by atoms with Crippen LogP contribution in [0.1, 0.15) is 25.7 Å². The number of nitrogens with zero attached hydrogens (tertiary/aromatic N) is 1. The van der Waals surface area contributed by atoms with Gasteiger partial charge in [0.05, 0.1) is 4.92 Å². The highest BCUT2D eigenvalue weighted by molar-refractivity contribution is 5.49. The normalized spacial score (nSPS) is 23.6. The summed E-state index contributed by atoms with van der Waals surface area (Å²) in [5.41, 5.74) is 6.84. The first kappa shape index (κ1) is 12.8. The summed E-state index contributed by atoms with van der Waals surface area (Å²) in [7, 11) is 0. The SMILES string of the molecule is NCC1CCCCC1Nc1ccc([N+](=O)[O-])cc1. The molecule has 1 aromatic rings. The number of non-ortho nitro benzene ring substituents is 1. The molecule has 98 valence electrons. The van der Waals surface area contributed by atoms with Crippen LogP contribution in [0.3, 0.4) is 0 Å². The third-order valence-electron chi connectivity index (χ3n) is 3.64. The van der Waals surface area contributed by atoms with Crippen LogP contribution in [0.4, 0.5) is 11.4 Å². The average Bonchev–Trinajstić information content (AvgIpc) is 2.40. The third-order valence-corrected chi connectivity index (χ3v) is 3.64. The van der Waals surface area contributed by atoms with Crippen molar-refractivity contribution in [1.82, 2.24) is 0 Å². The van der Waals surface area contributed by atoms with Gasteiger partial charge in [0.25, 0.3) is 5.69 Å². The van der Waals surface area contributed by atoms with Gasteiger partial charge < -0.3 is 11.1 Å².